The minimum absolute atomic E-state index is 0.370. The summed E-state index contributed by atoms with van der Waals surface area (Å²) in [5.74, 6) is -0.370. The minimum Gasteiger partial charge on any atom is -0.468 e. The average molecular weight is 193 g/mol. The Balaban J connectivity index is 2.60. The van der Waals surface area contributed by atoms with E-state index >= 15 is 0 Å². The summed E-state index contributed by atoms with van der Waals surface area (Å²) in [6, 6.07) is 7.37. The Kier molecular flexibility index (Phi) is 3.65. The van der Waals surface area contributed by atoms with Gasteiger partial charge in [0.25, 0.3) is 0 Å². The van der Waals surface area contributed by atoms with Crippen molar-refractivity contribution in [3.63, 3.8) is 0 Å². The smallest absolute Gasteiger partial charge is 0.322 e. The van der Waals surface area contributed by atoms with Crippen molar-refractivity contribution in [2.24, 2.45) is 5.73 Å². The summed E-state index contributed by atoms with van der Waals surface area (Å²) in [7, 11) is 1.34. The summed E-state index contributed by atoms with van der Waals surface area (Å²) in [6.07, 6.45) is 0.521. The van der Waals surface area contributed by atoms with Gasteiger partial charge in [-0.05, 0) is 18.9 Å². The van der Waals surface area contributed by atoms with Gasteiger partial charge in [0.15, 0.2) is 0 Å². The van der Waals surface area contributed by atoms with Crippen molar-refractivity contribution in [1.29, 1.82) is 0 Å². The molecule has 0 saturated carbocycles. The van der Waals surface area contributed by atoms with Crippen LogP contribution in [0.4, 0.5) is 0 Å². The molecule has 0 saturated heterocycles. The summed E-state index contributed by atoms with van der Waals surface area (Å²) in [6.45, 7) is 2.02. The SMILES string of the molecule is COC(=O)[C@H](N)Cc1ccc(C)cc1. The maximum Gasteiger partial charge on any atom is 0.322 e. The second kappa shape index (κ2) is 4.77. The van der Waals surface area contributed by atoms with Gasteiger partial charge in [0.1, 0.15) is 6.04 Å². The van der Waals surface area contributed by atoms with E-state index in [1.165, 1.54) is 12.7 Å². The molecule has 0 aliphatic heterocycles. The lowest BCUT2D eigenvalue weighted by molar-refractivity contribution is -0.142. The van der Waals surface area contributed by atoms with Crippen LogP contribution in [-0.4, -0.2) is 19.1 Å². The molecule has 0 fully saturated rings. The first-order chi connectivity index (χ1) is 6.63. The molecule has 0 heterocycles. The second-order valence-electron chi connectivity index (χ2n) is 3.32. The van der Waals surface area contributed by atoms with Crippen LogP contribution in [0.5, 0.6) is 0 Å². The molecular weight excluding hydrogens is 178 g/mol. The molecule has 14 heavy (non-hydrogen) atoms. The molecule has 0 radical (unpaired) electrons. The number of carbonyl (C=O) groups is 1. The Morgan fingerprint density at radius 3 is 2.50 bits per heavy atom. The van der Waals surface area contributed by atoms with Crippen molar-refractivity contribution >= 4 is 5.97 Å². The topological polar surface area (TPSA) is 52.3 Å². The Hall–Kier alpha value is -1.35. The van der Waals surface area contributed by atoms with Gasteiger partial charge in [0, 0.05) is 0 Å². The zero-order valence-electron chi connectivity index (χ0n) is 8.49. The Morgan fingerprint density at radius 1 is 1.43 bits per heavy atom. The van der Waals surface area contributed by atoms with Crippen molar-refractivity contribution < 1.29 is 9.53 Å². The Morgan fingerprint density at radius 2 is 2.00 bits per heavy atom. The number of benzene rings is 1. The van der Waals surface area contributed by atoms with Crippen LogP contribution >= 0.6 is 0 Å². The van der Waals surface area contributed by atoms with Gasteiger partial charge in [-0.3, -0.25) is 4.79 Å². The highest BCUT2D eigenvalue weighted by molar-refractivity contribution is 5.75. The number of carbonyl (C=O) groups excluding carboxylic acids is 1. The predicted molar refractivity (Wildman–Crippen MR) is 54.9 cm³/mol. The minimum atomic E-state index is -0.567. The highest BCUT2D eigenvalue weighted by Gasteiger charge is 2.13. The molecule has 1 atom stereocenters. The average Bonchev–Trinajstić information content (AvgIpc) is 2.20. The molecule has 3 nitrogen and oxygen atoms in total. The van der Waals surface area contributed by atoms with E-state index < -0.39 is 6.04 Å². The standard InChI is InChI=1S/C11H15NO2/c1-8-3-5-9(6-4-8)7-10(12)11(13)14-2/h3-6,10H,7,12H2,1-2H3/t10-/m1/s1. The summed E-state index contributed by atoms with van der Waals surface area (Å²) < 4.78 is 4.54. The van der Waals surface area contributed by atoms with E-state index in [0.29, 0.717) is 6.42 Å². The highest BCUT2D eigenvalue weighted by Crippen LogP contribution is 2.05. The summed E-state index contributed by atoms with van der Waals surface area (Å²) in [4.78, 5) is 11.0. The number of aryl methyl sites for hydroxylation is 1. The van der Waals surface area contributed by atoms with E-state index in [-0.39, 0.29) is 5.97 Å². The van der Waals surface area contributed by atoms with Gasteiger partial charge >= 0.3 is 5.97 Å². The number of ether oxygens (including phenoxy) is 1. The maximum absolute atomic E-state index is 11.0. The maximum atomic E-state index is 11.0. The molecule has 0 bridgehead atoms. The van der Waals surface area contributed by atoms with E-state index in [9.17, 15) is 4.79 Å². The molecule has 1 aromatic carbocycles. The van der Waals surface area contributed by atoms with E-state index in [1.807, 2.05) is 31.2 Å². The predicted octanol–water partition coefficient (Wildman–Crippen LogP) is 1.04. The van der Waals surface area contributed by atoms with Crippen LogP contribution in [0.25, 0.3) is 0 Å². The monoisotopic (exact) mass is 193 g/mol. The zero-order chi connectivity index (χ0) is 10.6. The number of hydrogen-bond donors (Lipinski definition) is 1. The van der Waals surface area contributed by atoms with E-state index in [1.54, 1.807) is 0 Å². The number of esters is 1. The zero-order valence-corrected chi connectivity index (χ0v) is 8.49. The molecular formula is C11H15NO2. The molecule has 1 aromatic rings. The molecule has 0 aliphatic carbocycles. The lowest BCUT2D eigenvalue weighted by Gasteiger charge is -2.08. The Bertz CT molecular complexity index is 306. The molecule has 0 aromatic heterocycles. The summed E-state index contributed by atoms with van der Waals surface area (Å²) >= 11 is 0. The molecule has 0 spiro atoms. The molecule has 3 heteroatoms. The fraction of sp³-hybridized carbons (Fsp3) is 0.364. The molecule has 2 N–H and O–H groups in total. The van der Waals surface area contributed by atoms with Gasteiger partial charge in [-0.2, -0.15) is 0 Å². The lowest BCUT2D eigenvalue weighted by Crippen LogP contribution is -2.33. The molecule has 1 rings (SSSR count). The van der Waals surface area contributed by atoms with Gasteiger partial charge in [0.05, 0.1) is 7.11 Å². The molecule has 0 aliphatic rings. The summed E-state index contributed by atoms with van der Waals surface area (Å²) in [5.41, 5.74) is 7.87. The van der Waals surface area contributed by atoms with Crippen LogP contribution in [0.3, 0.4) is 0 Å². The van der Waals surface area contributed by atoms with Crippen molar-refractivity contribution in [2.45, 2.75) is 19.4 Å². The lowest BCUT2D eigenvalue weighted by atomic mass is 10.1. The van der Waals surface area contributed by atoms with Crippen molar-refractivity contribution in [3.05, 3.63) is 35.4 Å². The number of rotatable bonds is 3. The normalized spacial score (nSPS) is 12.2. The largest absolute Gasteiger partial charge is 0.468 e. The van der Waals surface area contributed by atoms with Crippen molar-refractivity contribution in [2.75, 3.05) is 7.11 Å². The van der Waals surface area contributed by atoms with Crippen LogP contribution < -0.4 is 5.73 Å². The van der Waals surface area contributed by atoms with Crippen molar-refractivity contribution in [1.82, 2.24) is 0 Å². The van der Waals surface area contributed by atoms with Gasteiger partial charge in [-0.1, -0.05) is 29.8 Å². The van der Waals surface area contributed by atoms with Crippen molar-refractivity contribution in [3.8, 4) is 0 Å². The first kappa shape index (κ1) is 10.7. The van der Waals surface area contributed by atoms with E-state index in [2.05, 4.69) is 4.74 Å². The fourth-order valence-corrected chi connectivity index (χ4v) is 1.21. The fourth-order valence-electron chi connectivity index (χ4n) is 1.21. The van der Waals surface area contributed by atoms with Gasteiger partial charge in [0.2, 0.25) is 0 Å². The number of methoxy groups -OCH3 is 1. The van der Waals surface area contributed by atoms with E-state index in [0.717, 1.165) is 5.56 Å². The van der Waals surface area contributed by atoms with Crippen LogP contribution in [0.15, 0.2) is 24.3 Å². The first-order valence-electron chi connectivity index (χ1n) is 4.52. The van der Waals surface area contributed by atoms with Crippen LogP contribution in [-0.2, 0) is 16.0 Å². The third kappa shape index (κ3) is 2.85. The summed E-state index contributed by atoms with van der Waals surface area (Å²) in [5, 5.41) is 0. The van der Waals surface area contributed by atoms with Crippen LogP contribution in [0.1, 0.15) is 11.1 Å². The molecule has 0 unspecified atom stereocenters. The first-order valence-corrected chi connectivity index (χ1v) is 4.52. The van der Waals surface area contributed by atoms with Crippen LogP contribution in [0, 0.1) is 6.92 Å². The number of hydrogen-bond acceptors (Lipinski definition) is 3. The number of nitrogens with two attached hydrogens (primary N) is 1. The third-order valence-corrected chi connectivity index (χ3v) is 2.08. The Labute approximate surface area is 83.9 Å². The molecule has 76 valence electrons. The highest BCUT2D eigenvalue weighted by atomic mass is 16.5. The quantitative estimate of drug-likeness (QED) is 0.730. The third-order valence-electron chi connectivity index (χ3n) is 2.08. The van der Waals surface area contributed by atoms with Gasteiger partial charge in [-0.25, -0.2) is 0 Å². The van der Waals surface area contributed by atoms with E-state index in [4.69, 9.17) is 5.73 Å². The van der Waals surface area contributed by atoms with Crippen LogP contribution in [0.2, 0.25) is 0 Å². The second-order valence-corrected chi connectivity index (χ2v) is 3.32. The van der Waals surface area contributed by atoms with Gasteiger partial charge < -0.3 is 10.5 Å². The molecule has 0 amide bonds. The van der Waals surface area contributed by atoms with Gasteiger partial charge in [-0.15, -0.1) is 0 Å².